The van der Waals surface area contributed by atoms with Crippen LogP contribution in [0, 0.1) is 11.8 Å². The molecule has 4 heteroatoms. The third kappa shape index (κ3) is 8.22. The van der Waals surface area contributed by atoms with E-state index in [2.05, 4.69) is 36.4 Å². The van der Waals surface area contributed by atoms with Gasteiger partial charge in [-0.15, -0.1) is 0 Å². The van der Waals surface area contributed by atoms with Crippen LogP contribution in [0.4, 0.5) is 0 Å². The Morgan fingerprint density at radius 2 is 1.95 bits per heavy atom. The molecule has 112 valence electrons. The van der Waals surface area contributed by atoms with Gasteiger partial charge in [0.2, 0.25) is 5.91 Å². The zero-order chi connectivity index (χ0) is 14.1. The topological polar surface area (TPSA) is 44.4 Å². The fourth-order valence-electron chi connectivity index (χ4n) is 2.42. The highest BCUT2D eigenvalue weighted by Crippen LogP contribution is 2.18. The minimum atomic E-state index is 0.129. The molecule has 1 amide bonds. The molecule has 0 radical (unpaired) electrons. The molecule has 0 atom stereocenters. The van der Waals surface area contributed by atoms with E-state index in [1.54, 1.807) is 0 Å². The first kappa shape index (κ1) is 16.4. The predicted molar refractivity (Wildman–Crippen MR) is 80.2 cm³/mol. The summed E-state index contributed by atoms with van der Waals surface area (Å²) in [6.45, 7) is 9.02. The zero-order valence-corrected chi connectivity index (χ0v) is 12.9. The third-order valence-electron chi connectivity index (χ3n) is 3.90. The average Bonchev–Trinajstić information content (AvgIpc) is 2.36. The molecule has 1 rings (SSSR count). The summed E-state index contributed by atoms with van der Waals surface area (Å²) < 4.78 is 0. The van der Waals surface area contributed by atoms with Crippen LogP contribution in [0.25, 0.3) is 0 Å². The van der Waals surface area contributed by atoms with Crippen LogP contribution >= 0.6 is 0 Å². The maximum Gasteiger partial charge on any atom is 0.233 e. The van der Waals surface area contributed by atoms with Crippen molar-refractivity contribution in [1.29, 1.82) is 0 Å². The molecule has 19 heavy (non-hydrogen) atoms. The molecule has 1 saturated heterocycles. The van der Waals surface area contributed by atoms with Crippen molar-refractivity contribution in [2.45, 2.75) is 39.5 Å². The van der Waals surface area contributed by atoms with Crippen LogP contribution in [0.3, 0.4) is 0 Å². The smallest absolute Gasteiger partial charge is 0.233 e. The summed E-state index contributed by atoms with van der Waals surface area (Å²) in [5.41, 5.74) is 0. The lowest BCUT2D eigenvalue weighted by Gasteiger charge is -2.28. The Morgan fingerprint density at radius 3 is 2.58 bits per heavy atom. The van der Waals surface area contributed by atoms with Crippen LogP contribution in [0.1, 0.15) is 39.5 Å². The lowest BCUT2D eigenvalue weighted by Crippen LogP contribution is -2.36. The zero-order valence-electron chi connectivity index (χ0n) is 12.9. The van der Waals surface area contributed by atoms with Crippen molar-refractivity contribution >= 4 is 5.91 Å². The van der Waals surface area contributed by atoms with Crippen LogP contribution in [0.15, 0.2) is 0 Å². The molecule has 2 N–H and O–H groups in total. The number of likely N-dealkylation sites (tertiary alicyclic amines) is 1. The molecule has 0 aliphatic carbocycles. The number of nitrogens with one attached hydrogen (secondary N) is 2. The lowest BCUT2D eigenvalue weighted by atomic mass is 9.94. The van der Waals surface area contributed by atoms with E-state index in [0.29, 0.717) is 12.5 Å². The van der Waals surface area contributed by atoms with Gasteiger partial charge in [-0.25, -0.2) is 0 Å². The van der Waals surface area contributed by atoms with Crippen molar-refractivity contribution in [3.63, 3.8) is 0 Å². The first-order valence-electron chi connectivity index (χ1n) is 7.74. The summed E-state index contributed by atoms with van der Waals surface area (Å²) in [6.07, 6.45) is 4.87. The first-order chi connectivity index (χ1) is 9.08. The molecule has 1 fully saturated rings. The van der Waals surface area contributed by atoms with Crippen molar-refractivity contribution in [3.8, 4) is 0 Å². The van der Waals surface area contributed by atoms with E-state index in [4.69, 9.17) is 0 Å². The fraction of sp³-hybridized carbons (Fsp3) is 0.933. The molecule has 0 bridgehead atoms. The number of hydrogen-bond donors (Lipinski definition) is 2. The second-order valence-electron chi connectivity index (χ2n) is 6.24. The monoisotopic (exact) mass is 269 g/mol. The highest BCUT2D eigenvalue weighted by atomic mass is 16.1. The molecule has 4 nitrogen and oxygen atoms in total. The molecule has 0 aromatic carbocycles. The Kier molecular flexibility index (Phi) is 8.07. The Hall–Kier alpha value is -0.610. The van der Waals surface area contributed by atoms with Gasteiger partial charge in [0.25, 0.3) is 0 Å². The van der Waals surface area contributed by atoms with E-state index >= 15 is 0 Å². The molecule has 0 unspecified atom stereocenters. The van der Waals surface area contributed by atoms with Crippen LogP contribution in [0.5, 0.6) is 0 Å². The SMILES string of the molecule is CC(C)CCNC(=O)CNCCC1CCN(C)CC1. The predicted octanol–water partition coefficient (Wildman–Crippen LogP) is 1.47. The van der Waals surface area contributed by atoms with E-state index < -0.39 is 0 Å². The molecule has 0 aromatic heterocycles. The van der Waals surface area contributed by atoms with E-state index in [1.165, 1.54) is 32.4 Å². The van der Waals surface area contributed by atoms with Gasteiger partial charge in [0.15, 0.2) is 0 Å². The molecule has 1 aliphatic heterocycles. The number of hydrogen-bond acceptors (Lipinski definition) is 3. The number of nitrogens with zero attached hydrogens (tertiary/aromatic N) is 1. The highest BCUT2D eigenvalue weighted by Gasteiger charge is 2.15. The minimum Gasteiger partial charge on any atom is -0.355 e. The second kappa shape index (κ2) is 9.32. The van der Waals surface area contributed by atoms with Crippen molar-refractivity contribution in [2.75, 3.05) is 39.8 Å². The van der Waals surface area contributed by atoms with E-state index in [-0.39, 0.29) is 5.91 Å². The van der Waals surface area contributed by atoms with Gasteiger partial charge in [-0.3, -0.25) is 4.79 Å². The number of rotatable bonds is 8. The molecular formula is C15H31N3O. The van der Waals surface area contributed by atoms with Gasteiger partial charge in [0.1, 0.15) is 0 Å². The quantitative estimate of drug-likeness (QED) is 0.656. The van der Waals surface area contributed by atoms with Gasteiger partial charge >= 0.3 is 0 Å². The average molecular weight is 269 g/mol. The van der Waals surface area contributed by atoms with E-state index in [9.17, 15) is 4.79 Å². The third-order valence-corrected chi connectivity index (χ3v) is 3.90. The number of piperidine rings is 1. The Morgan fingerprint density at radius 1 is 1.26 bits per heavy atom. The molecule has 0 aromatic rings. The van der Waals surface area contributed by atoms with Gasteiger partial charge < -0.3 is 15.5 Å². The maximum atomic E-state index is 11.5. The van der Waals surface area contributed by atoms with Crippen molar-refractivity contribution in [3.05, 3.63) is 0 Å². The van der Waals surface area contributed by atoms with Crippen molar-refractivity contribution in [1.82, 2.24) is 15.5 Å². The van der Waals surface area contributed by atoms with E-state index in [1.807, 2.05) is 0 Å². The normalized spacial score (nSPS) is 17.9. The van der Waals surface area contributed by atoms with Gasteiger partial charge in [-0.1, -0.05) is 13.8 Å². The van der Waals surface area contributed by atoms with Crippen LogP contribution < -0.4 is 10.6 Å². The first-order valence-corrected chi connectivity index (χ1v) is 7.74. The number of carbonyl (C=O) groups is 1. The summed E-state index contributed by atoms with van der Waals surface area (Å²) in [4.78, 5) is 13.9. The number of carbonyl (C=O) groups excluding carboxylic acids is 1. The van der Waals surface area contributed by atoms with Crippen molar-refractivity contribution < 1.29 is 4.79 Å². The Bertz CT molecular complexity index is 248. The van der Waals surface area contributed by atoms with Gasteiger partial charge in [-0.2, -0.15) is 0 Å². The van der Waals surface area contributed by atoms with Crippen LogP contribution in [-0.2, 0) is 4.79 Å². The highest BCUT2D eigenvalue weighted by molar-refractivity contribution is 5.77. The van der Waals surface area contributed by atoms with Crippen LogP contribution in [0.2, 0.25) is 0 Å². The molecule has 1 heterocycles. The van der Waals surface area contributed by atoms with Crippen LogP contribution in [-0.4, -0.2) is 50.6 Å². The molecule has 0 spiro atoms. The summed E-state index contributed by atoms with van der Waals surface area (Å²) in [6, 6.07) is 0. The number of amides is 1. The summed E-state index contributed by atoms with van der Waals surface area (Å²) >= 11 is 0. The van der Waals surface area contributed by atoms with Gasteiger partial charge in [0, 0.05) is 6.54 Å². The van der Waals surface area contributed by atoms with Crippen molar-refractivity contribution in [2.24, 2.45) is 11.8 Å². The summed E-state index contributed by atoms with van der Waals surface area (Å²) in [7, 11) is 2.19. The molecular weight excluding hydrogens is 238 g/mol. The van der Waals surface area contributed by atoms with Gasteiger partial charge in [-0.05, 0) is 64.2 Å². The minimum absolute atomic E-state index is 0.129. The summed E-state index contributed by atoms with van der Waals surface area (Å²) in [5.74, 6) is 1.62. The van der Waals surface area contributed by atoms with E-state index in [0.717, 1.165) is 25.4 Å². The maximum absolute atomic E-state index is 11.5. The fourth-order valence-corrected chi connectivity index (χ4v) is 2.42. The molecule has 0 saturated carbocycles. The standard InChI is InChI=1S/C15H31N3O/c1-13(2)4-9-17-15(19)12-16-8-5-14-6-10-18(3)11-7-14/h13-14,16H,4-12H2,1-3H3,(H,17,19). The Labute approximate surface area is 118 Å². The second-order valence-corrected chi connectivity index (χ2v) is 6.24. The summed E-state index contributed by atoms with van der Waals surface area (Å²) in [5, 5.41) is 6.21. The lowest BCUT2D eigenvalue weighted by molar-refractivity contribution is -0.120. The largest absolute Gasteiger partial charge is 0.355 e. The Balaban J connectivity index is 1.94. The molecule has 1 aliphatic rings. The van der Waals surface area contributed by atoms with Gasteiger partial charge in [0.05, 0.1) is 6.54 Å².